The Morgan fingerprint density at radius 1 is 1.09 bits per heavy atom. The first-order chi connectivity index (χ1) is 15.5. The number of rotatable bonds is 4. The highest BCUT2D eigenvalue weighted by atomic mass is 16.2. The van der Waals surface area contributed by atoms with E-state index in [0.717, 1.165) is 44.3 Å². The van der Waals surface area contributed by atoms with Gasteiger partial charge in [0.1, 0.15) is 6.04 Å². The van der Waals surface area contributed by atoms with Gasteiger partial charge in [-0.2, -0.15) is 0 Å². The Balaban J connectivity index is 1.27. The Bertz CT molecular complexity index is 1010. The van der Waals surface area contributed by atoms with Gasteiger partial charge in [-0.1, -0.05) is 43.4 Å². The number of hydrogen-bond acceptors (Lipinski definition) is 4. The van der Waals surface area contributed by atoms with Crippen LogP contribution < -0.4 is 5.32 Å². The molecular formula is C26H31N3O3. The van der Waals surface area contributed by atoms with Crippen LogP contribution in [0.25, 0.3) is 0 Å². The minimum atomic E-state index is -0.554. The van der Waals surface area contributed by atoms with Crippen LogP contribution in [0.15, 0.2) is 42.5 Å². The molecule has 3 heterocycles. The maximum atomic E-state index is 12.9. The van der Waals surface area contributed by atoms with Gasteiger partial charge in [0.2, 0.25) is 11.8 Å². The zero-order valence-electron chi connectivity index (χ0n) is 18.7. The van der Waals surface area contributed by atoms with Gasteiger partial charge >= 0.3 is 0 Å². The molecule has 0 bridgehead atoms. The standard InChI is InChI=1S/C26H31N3O3/c1-2-26(12-4-3-5-13-26)28-14-10-18(11-15-28)19-6-7-21-20(16-19)17-29(25(21)32)22-8-9-23(30)27-24(22)31/h3-7,12,16,18,22H,2,8-11,13-15,17H2,1H3,(H,27,30,31)/t22?,26-/m1/s1. The molecule has 32 heavy (non-hydrogen) atoms. The number of carbonyl (C=O) groups is 3. The van der Waals surface area contributed by atoms with Crippen molar-refractivity contribution in [3.8, 4) is 0 Å². The highest BCUT2D eigenvalue weighted by Crippen LogP contribution is 2.37. The van der Waals surface area contributed by atoms with Gasteiger partial charge in [0, 0.05) is 24.1 Å². The molecule has 6 nitrogen and oxygen atoms in total. The van der Waals surface area contributed by atoms with E-state index in [9.17, 15) is 14.4 Å². The van der Waals surface area contributed by atoms with Crippen molar-refractivity contribution in [2.75, 3.05) is 13.1 Å². The van der Waals surface area contributed by atoms with Crippen LogP contribution in [0.3, 0.4) is 0 Å². The number of fused-ring (bicyclic) bond motifs is 1. The third kappa shape index (κ3) is 3.60. The van der Waals surface area contributed by atoms with Crippen molar-refractivity contribution in [2.24, 2.45) is 0 Å². The van der Waals surface area contributed by atoms with E-state index >= 15 is 0 Å². The second-order valence-electron chi connectivity index (χ2n) is 9.53. The summed E-state index contributed by atoms with van der Waals surface area (Å²) in [7, 11) is 0. The Morgan fingerprint density at radius 2 is 1.91 bits per heavy atom. The first kappa shape index (κ1) is 21.1. The number of hydrogen-bond donors (Lipinski definition) is 1. The molecule has 0 aromatic heterocycles. The van der Waals surface area contributed by atoms with Crippen molar-refractivity contribution < 1.29 is 14.4 Å². The number of allylic oxidation sites excluding steroid dienone is 2. The first-order valence-corrected chi connectivity index (χ1v) is 11.9. The van der Waals surface area contributed by atoms with Crippen molar-refractivity contribution in [3.63, 3.8) is 0 Å². The summed E-state index contributed by atoms with van der Waals surface area (Å²) in [5.74, 6) is -0.216. The Labute approximate surface area is 189 Å². The molecule has 2 saturated heterocycles. The lowest BCUT2D eigenvalue weighted by molar-refractivity contribution is -0.136. The van der Waals surface area contributed by atoms with E-state index in [0.29, 0.717) is 24.4 Å². The molecule has 5 rings (SSSR count). The molecular weight excluding hydrogens is 402 g/mol. The van der Waals surface area contributed by atoms with Gasteiger partial charge in [-0.25, -0.2) is 0 Å². The Morgan fingerprint density at radius 3 is 2.59 bits per heavy atom. The van der Waals surface area contributed by atoms with E-state index in [1.807, 2.05) is 6.07 Å². The predicted molar refractivity (Wildman–Crippen MR) is 122 cm³/mol. The summed E-state index contributed by atoms with van der Waals surface area (Å²) >= 11 is 0. The average Bonchev–Trinajstić information content (AvgIpc) is 3.15. The lowest BCUT2D eigenvalue weighted by Crippen LogP contribution is -2.52. The van der Waals surface area contributed by atoms with Crippen molar-refractivity contribution in [1.29, 1.82) is 0 Å². The van der Waals surface area contributed by atoms with Crippen LogP contribution in [0.1, 0.15) is 72.9 Å². The van der Waals surface area contributed by atoms with Gasteiger partial charge in [-0.15, -0.1) is 0 Å². The third-order valence-electron chi connectivity index (χ3n) is 7.88. The maximum absolute atomic E-state index is 12.9. The zero-order valence-corrected chi connectivity index (χ0v) is 18.7. The summed E-state index contributed by atoms with van der Waals surface area (Å²) in [5.41, 5.74) is 3.16. The highest BCUT2D eigenvalue weighted by Gasteiger charge is 2.40. The van der Waals surface area contributed by atoms with Crippen molar-refractivity contribution in [1.82, 2.24) is 15.1 Å². The van der Waals surface area contributed by atoms with Crippen LogP contribution in [0.2, 0.25) is 0 Å². The van der Waals surface area contributed by atoms with Gasteiger partial charge in [0.25, 0.3) is 5.91 Å². The molecule has 4 aliphatic rings. The minimum Gasteiger partial charge on any atom is -0.322 e. The van der Waals surface area contributed by atoms with Crippen molar-refractivity contribution in [3.05, 3.63) is 59.2 Å². The maximum Gasteiger partial charge on any atom is 0.255 e. The molecule has 1 aromatic rings. The minimum absolute atomic E-state index is 0.0992. The van der Waals surface area contributed by atoms with E-state index in [4.69, 9.17) is 0 Å². The number of carbonyl (C=O) groups excluding carboxylic acids is 3. The number of amides is 3. The predicted octanol–water partition coefficient (Wildman–Crippen LogP) is 3.29. The summed E-state index contributed by atoms with van der Waals surface area (Å²) in [6, 6.07) is 5.66. The molecule has 1 aromatic carbocycles. The van der Waals surface area contributed by atoms with E-state index in [1.54, 1.807) is 4.90 Å². The van der Waals surface area contributed by atoms with Gasteiger partial charge in [-0.05, 0) is 68.3 Å². The topological polar surface area (TPSA) is 69.7 Å². The third-order valence-corrected chi connectivity index (χ3v) is 7.88. The molecule has 1 aliphatic carbocycles. The quantitative estimate of drug-likeness (QED) is 0.740. The van der Waals surface area contributed by atoms with Gasteiger partial charge < -0.3 is 4.90 Å². The molecule has 168 valence electrons. The summed E-state index contributed by atoms with van der Waals surface area (Å²) in [5, 5.41) is 2.37. The lowest BCUT2D eigenvalue weighted by Gasteiger charge is -2.46. The van der Waals surface area contributed by atoms with Gasteiger partial charge in [0.05, 0.1) is 0 Å². The number of piperidine rings is 2. The van der Waals surface area contributed by atoms with E-state index < -0.39 is 6.04 Å². The summed E-state index contributed by atoms with van der Waals surface area (Å²) in [6.07, 6.45) is 14.1. The SMILES string of the molecule is CC[C@@]1(N2CCC(c3ccc4c(c3)CN(C3CCC(=O)NC3=O)C4=O)CC2)C=CC=CC1. The van der Waals surface area contributed by atoms with Crippen LogP contribution in [0, 0.1) is 0 Å². The molecule has 0 radical (unpaired) electrons. The molecule has 3 aliphatic heterocycles. The number of benzene rings is 1. The highest BCUT2D eigenvalue weighted by molar-refractivity contribution is 6.05. The van der Waals surface area contributed by atoms with Crippen molar-refractivity contribution in [2.45, 2.75) is 69.5 Å². The number of likely N-dealkylation sites (tertiary alicyclic amines) is 1. The average molecular weight is 434 g/mol. The first-order valence-electron chi connectivity index (χ1n) is 11.9. The van der Waals surface area contributed by atoms with E-state index in [2.05, 4.69) is 53.6 Å². The van der Waals surface area contributed by atoms with Crippen molar-refractivity contribution >= 4 is 17.7 Å². The lowest BCUT2D eigenvalue weighted by atomic mass is 9.82. The molecule has 0 spiro atoms. The molecule has 2 atom stereocenters. The number of nitrogens with zero attached hydrogens (tertiary/aromatic N) is 2. The number of nitrogens with one attached hydrogen (secondary N) is 1. The second-order valence-corrected chi connectivity index (χ2v) is 9.53. The van der Waals surface area contributed by atoms with Crippen LogP contribution >= 0.6 is 0 Å². The Hall–Kier alpha value is -2.73. The molecule has 1 unspecified atom stereocenters. The molecule has 6 heteroatoms. The van der Waals surface area contributed by atoms with Crippen LogP contribution in [0.4, 0.5) is 0 Å². The largest absolute Gasteiger partial charge is 0.322 e. The van der Waals surface area contributed by atoms with Crippen LogP contribution in [0.5, 0.6) is 0 Å². The Kier molecular flexibility index (Phi) is 5.49. The van der Waals surface area contributed by atoms with E-state index in [1.165, 1.54) is 5.56 Å². The molecule has 2 fully saturated rings. The fraction of sp³-hybridized carbons (Fsp3) is 0.500. The smallest absolute Gasteiger partial charge is 0.255 e. The summed E-state index contributed by atoms with van der Waals surface area (Å²) < 4.78 is 0. The van der Waals surface area contributed by atoms with Gasteiger partial charge in [0.15, 0.2) is 0 Å². The summed E-state index contributed by atoms with van der Waals surface area (Å²) in [4.78, 5) is 41.0. The molecule has 0 saturated carbocycles. The number of imide groups is 1. The molecule has 3 amide bonds. The molecule has 1 N–H and O–H groups in total. The van der Waals surface area contributed by atoms with E-state index in [-0.39, 0.29) is 29.7 Å². The fourth-order valence-corrected chi connectivity index (χ4v) is 5.88. The second kappa shape index (κ2) is 8.32. The summed E-state index contributed by atoms with van der Waals surface area (Å²) in [6.45, 7) is 4.88. The normalized spacial score (nSPS) is 28.8. The van der Waals surface area contributed by atoms with Gasteiger partial charge in [-0.3, -0.25) is 24.6 Å². The van der Waals surface area contributed by atoms with Crippen LogP contribution in [-0.4, -0.2) is 52.2 Å². The zero-order chi connectivity index (χ0) is 22.3. The fourth-order valence-electron chi connectivity index (χ4n) is 5.88. The monoisotopic (exact) mass is 433 g/mol. The van der Waals surface area contributed by atoms with Crippen LogP contribution in [-0.2, 0) is 16.1 Å².